The van der Waals surface area contributed by atoms with Crippen molar-refractivity contribution in [3.63, 3.8) is 0 Å². The fourth-order valence-electron chi connectivity index (χ4n) is 2.87. The highest BCUT2D eigenvalue weighted by molar-refractivity contribution is 7.15. The Balaban J connectivity index is 1.57. The Morgan fingerprint density at radius 3 is 2.87 bits per heavy atom. The highest BCUT2D eigenvalue weighted by Crippen LogP contribution is 2.32. The fourth-order valence-corrected chi connectivity index (χ4v) is 3.66. The van der Waals surface area contributed by atoms with E-state index in [-0.39, 0.29) is 18.1 Å². The molecular weight excluding hydrogens is 317 g/mol. The van der Waals surface area contributed by atoms with E-state index in [9.17, 15) is 14.3 Å². The summed E-state index contributed by atoms with van der Waals surface area (Å²) in [5.41, 5.74) is -0.0709. The number of carbonyl (C=O) groups excluding carboxylic acids is 1. The monoisotopic (exact) mass is 335 g/mol. The van der Waals surface area contributed by atoms with E-state index in [1.54, 1.807) is 6.07 Å². The molecule has 0 bridgehead atoms. The molecule has 0 aliphatic heterocycles. The van der Waals surface area contributed by atoms with Crippen molar-refractivity contribution in [2.24, 2.45) is 0 Å². The van der Waals surface area contributed by atoms with E-state index in [0.717, 1.165) is 18.4 Å². The van der Waals surface area contributed by atoms with E-state index in [1.165, 1.54) is 23.5 Å². The zero-order chi connectivity index (χ0) is 16.3. The third-order valence-electron chi connectivity index (χ3n) is 3.98. The van der Waals surface area contributed by atoms with Crippen LogP contribution in [-0.4, -0.2) is 26.8 Å². The van der Waals surface area contributed by atoms with Gasteiger partial charge in [0, 0.05) is 6.42 Å². The van der Waals surface area contributed by atoms with Crippen LogP contribution in [0.5, 0.6) is 0 Å². The van der Waals surface area contributed by atoms with Crippen LogP contribution >= 0.6 is 11.3 Å². The molecular formula is C16H18FN3O2S. The van der Waals surface area contributed by atoms with Crippen molar-refractivity contribution in [2.45, 2.75) is 44.1 Å². The molecule has 2 aromatic rings. The molecule has 1 fully saturated rings. The number of hydrogen-bond acceptors (Lipinski definition) is 5. The minimum atomic E-state index is -0.876. The Morgan fingerprint density at radius 2 is 2.13 bits per heavy atom. The van der Waals surface area contributed by atoms with Gasteiger partial charge in [-0.1, -0.05) is 36.3 Å². The number of anilines is 1. The summed E-state index contributed by atoms with van der Waals surface area (Å²) < 4.78 is 13.2. The zero-order valence-electron chi connectivity index (χ0n) is 12.6. The molecule has 0 atom stereocenters. The molecule has 1 aliphatic carbocycles. The van der Waals surface area contributed by atoms with Crippen molar-refractivity contribution >= 4 is 22.4 Å². The number of nitrogens with zero attached hydrogens (tertiary/aromatic N) is 2. The average molecular weight is 335 g/mol. The lowest BCUT2D eigenvalue weighted by atomic mass is 9.98. The van der Waals surface area contributed by atoms with Crippen molar-refractivity contribution in [3.05, 3.63) is 40.7 Å². The van der Waals surface area contributed by atoms with Gasteiger partial charge in [-0.25, -0.2) is 4.39 Å². The van der Waals surface area contributed by atoms with Crippen LogP contribution in [0.3, 0.4) is 0 Å². The lowest BCUT2D eigenvalue weighted by molar-refractivity contribution is -0.120. The van der Waals surface area contributed by atoms with Crippen molar-refractivity contribution in [3.8, 4) is 0 Å². The van der Waals surface area contributed by atoms with Crippen molar-refractivity contribution in [2.75, 3.05) is 5.32 Å². The highest BCUT2D eigenvalue weighted by atomic mass is 32.1. The molecule has 23 heavy (non-hydrogen) atoms. The van der Waals surface area contributed by atoms with E-state index < -0.39 is 5.60 Å². The first-order valence-corrected chi connectivity index (χ1v) is 8.43. The summed E-state index contributed by atoms with van der Waals surface area (Å²) in [7, 11) is 0. The molecule has 1 amide bonds. The van der Waals surface area contributed by atoms with Crippen LogP contribution in [0.25, 0.3) is 0 Å². The maximum atomic E-state index is 13.2. The first kappa shape index (κ1) is 16.0. The van der Waals surface area contributed by atoms with E-state index in [2.05, 4.69) is 15.5 Å². The van der Waals surface area contributed by atoms with E-state index in [4.69, 9.17) is 0 Å². The predicted octanol–water partition coefficient (Wildman–Crippen LogP) is 2.90. The minimum absolute atomic E-state index is 0.0891. The van der Waals surface area contributed by atoms with Crippen LogP contribution in [0, 0.1) is 5.82 Å². The molecule has 0 spiro atoms. The largest absolute Gasteiger partial charge is 0.389 e. The van der Waals surface area contributed by atoms with Gasteiger partial charge >= 0.3 is 0 Å². The second kappa shape index (κ2) is 6.72. The number of aromatic nitrogens is 2. The van der Waals surface area contributed by atoms with Gasteiger partial charge in [0.05, 0.1) is 12.0 Å². The first-order chi connectivity index (χ1) is 11.0. The quantitative estimate of drug-likeness (QED) is 0.881. The minimum Gasteiger partial charge on any atom is -0.389 e. The smallest absolute Gasteiger partial charge is 0.229 e. The molecule has 1 saturated carbocycles. The third kappa shape index (κ3) is 4.33. The van der Waals surface area contributed by atoms with Crippen molar-refractivity contribution in [1.82, 2.24) is 10.2 Å². The molecule has 2 N–H and O–H groups in total. The summed E-state index contributed by atoms with van der Waals surface area (Å²) in [6.07, 6.45) is 3.81. The summed E-state index contributed by atoms with van der Waals surface area (Å²) in [4.78, 5) is 12.0. The number of carbonyl (C=O) groups is 1. The molecule has 0 radical (unpaired) electrons. The van der Waals surface area contributed by atoms with Gasteiger partial charge in [0.2, 0.25) is 11.0 Å². The molecule has 1 heterocycles. The van der Waals surface area contributed by atoms with Gasteiger partial charge in [-0.15, -0.1) is 10.2 Å². The number of hydrogen-bond donors (Lipinski definition) is 2. The summed E-state index contributed by atoms with van der Waals surface area (Å²) >= 11 is 1.26. The Kier molecular flexibility index (Phi) is 4.68. The van der Waals surface area contributed by atoms with Crippen LogP contribution < -0.4 is 5.32 Å². The number of amides is 1. The standard InChI is InChI=1S/C16H18FN3O2S/c17-12-5-3-4-11(8-12)9-14-19-20-15(23-14)18-13(21)10-16(22)6-1-2-7-16/h3-5,8,22H,1-2,6-7,9-10H2,(H,18,20,21). The number of rotatable bonds is 5. The molecule has 0 saturated heterocycles. The van der Waals surface area contributed by atoms with E-state index in [0.29, 0.717) is 29.4 Å². The van der Waals surface area contributed by atoms with Crippen LogP contribution in [0.1, 0.15) is 42.7 Å². The molecule has 1 aromatic heterocycles. The Hall–Kier alpha value is -1.86. The molecule has 122 valence electrons. The molecule has 3 rings (SSSR count). The second-order valence-corrected chi connectivity index (χ2v) is 7.03. The number of benzene rings is 1. The lowest BCUT2D eigenvalue weighted by Gasteiger charge is -2.20. The van der Waals surface area contributed by atoms with Crippen molar-refractivity contribution in [1.29, 1.82) is 0 Å². The van der Waals surface area contributed by atoms with Crippen LogP contribution in [0.2, 0.25) is 0 Å². The van der Waals surface area contributed by atoms with Gasteiger partial charge in [0.1, 0.15) is 10.8 Å². The van der Waals surface area contributed by atoms with E-state index >= 15 is 0 Å². The topological polar surface area (TPSA) is 75.1 Å². The van der Waals surface area contributed by atoms with Crippen LogP contribution in [0.4, 0.5) is 9.52 Å². The molecule has 7 heteroatoms. The normalized spacial score (nSPS) is 16.4. The van der Waals surface area contributed by atoms with Gasteiger partial charge in [-0.2, -0.15) is 0 Å². The van der Waals surface area contributed by atoms with Gasteiger partial charge in [0.25, 0.3) is 0 Å². The number of aliphatic hydroxyl groups is 1. The maximum absolute atomic E-state index is 13.2. The summed E-state index contributed by atoms with van der Waals surface area (Å²) in [5, 5.41) is 22.0. The van der Waals surface area contributed by atoms with Gasteiger partial charge < -0.3 is 10.4 Å². The molecule has 5 nitrogen and oxygen atoms in total. The number of halogens is 1. The van der Waals surface area contributed by atoms with Gasteiger partial charge in [-0.05, 0) is 30.5 Å². The lowest BCUT2D eigenvalue weighted by Crippen LogP contribution is -2.30. The summed E-state index contributed by atoms with van der Waals surface area (Å²) in [6.45, 7) is 0. The maximum Gasteiger partial charge on any atom is 0.229 e. The first-order valence-electron chi connectivity index (χ1n) is 7.61. The Labute approximate surface area is 137 Å². The van der Waals surface area contributed by atoms with Gasteiger partial charge in [0.15, 0.2) is 0 Å². The molecule has 1 aliphatic rings. The molecule has 0 unspecified atom stereocenters. The number of nitrogens with one attached hydrogen (secondary N) is 1. The van der Waals surface area contributed by atoms with Crippen LogP contribution in [-0.2, 0) is 11.2 Å². The fraction of sp³-hybridized carbons (Fsp3) is 0.438. The summed E-state index contributed by atoms with van der Waals surface area (Å²) in [5.74, 6) is -0.534. The van der Waals surface area contributed by atoms with Crippen molar-refractivity contribution < 1.29 is 14.3 Å². The Morgan fingerprint density at radius 1 is 1.35 bits per heavy atom. The molecule has 1 aromatic carbocycles. The third-order valence-corrected chi connectivity index (χ3v) is 4.82. The summed E-state index contributed by atoms with van der Waals surface area (Å²) in [6, 6.07) is 6.31. The zero-order valence-corrected chi connectivity index (χ0v) is 13.4. The highest BCUT2D eigenvalue weighted by Gasteiger charge is 2.33. The average Bonchev–Trinajstić information content (AvgIpc) is 3.08. The van der Waals surface area contributed by atoms with Crippen LogP contribution in [0.15, 0.2) is 24.3 Å². The predicted molar refractivity (Wildman–Crippen MR) is 85.8 cm³/mol. The SMILES string of the molecule is O=C(CC1(O)CCCC1)Nc1nnc(Cc2cccc(F)c2)s1. The second-order valence-electron chi connectivity index (χ2n) is 5.96. The Bertz CT molecular complexity index is 698. The van der Waals surface area contributed by atoms with Gasteiger partial charge in [-0.3, -0.25) is 4.79 Å². The van der Waals surface area contributed by atoms with E-state index in [1.807, 2.05) is 6.07 Å².